The molecule has 0 aliphatic heterocycles. The van der Waals surface area contributed by atoms with Crippen LogP contribution in [0.1, 0.15) is 43.0 Å². The first-order valence-electron chi connectivity index (χ1n) is 7.03. The number of urea groups is 1. The topological polar surface area (TPSA) is 78.4 Å². The number of benzene rings is 1. The van der Waals surface area contributed by atoms with Crippen molar-refractivity contribution in [2.24, 2.45) is 5.41 Å². The fourth-order valence-corrected chi connectivity index (χ4v) is 2.43. The lowest BCUT2D eigenvalue weighted by Crippen LogP contribution is -2.33. The molecule has 0 spiro atoms. The van der Waals surface area contributed by atoms with Gasteiger partial charge >= 0.3 is 12.0 Å². The van der Waals surface area contributed by atoms with E-state index < -0.39 is 23.4 Å². The van der Waals surface area contributed by atoms with Gasteiger partial charge in [-0.05, 0) is 42.9 Å². The molecule has 6 heteroatoms. The molecule has 0 aromatic heterocycles. The van der Waals surface area contributed by atoms with Gasteiger partial charge in [-0.25, -0.2) is 14.0 Å². The molecule has 1 saturated carbocycles. The van der Waals surface area contributed by atoms with Crippen LogP contribution in [0, 0.1) is 11.2 Å². The van der Waals surface area contributed by atoms with Gasteiger partial charge in [0.25, 0.3) is 0 Å². The lowest BCUT2D eigenvalue weighted by molar-refractivity contribution is 0.0692. The maximum absolute atomic E-state index is 13.5. The van der Waals surface area contributed by atoms with Crippen LogP contribution in [0.5, 0.6) is 0 Å². The standard InChI is InChI=1S/C15H19FN2O3/c1-2-5-15(6-7-15)9-17-14(21)18-10-3-4-11(13(19)20)12(16)8-10/h3-4,8H,2,5-7,9H2,1H3,(H,19,20)(H2,17,18,21). The first kappa shape index (κ1) is 15.3. The molecule has 5 nitrogen and oxygen atoms in total. The molecule has 2 rings (SSSR count). The normalized spacial score (nSPS) is 15.3. The van der Waals surface area contributed by atoms with E-state index in [9.17, 15) is 14.0 Å². The summed E-state index contributed by atoms with van der Waals surface area (Å²) in [5.74, 6) is -2.20. The summed E-state index contributed by atoms with van der Waals surface area (Å²) in [7, 11) is 0. The Morgan fingerprint density at radius 3 is 2.62 bits per heavy atom. The van der Waals surface area contributed by atoms with Crippen LogP contribution in [-0.4, -0.2) is 23.7 Å². The molecule has 0 heterocycles. The van der Waals surface area contributed by atoms with Crippen molar-refractivity contribution in [2.75, 3.05) is 11.9 Å². The summed E-state index contributed by atoms with van der Waals surface area (Å²) in [5, 5.41) is 14.0. The fraction of sp³-hybridized carbons (Fsp3) is 0.467. The maximum Gasteiger partial charge on any atom is 0.338 e. The Morgan fingerprint density at radius 1 is 1.38 bits per heavy atom. The predicted molar refractivity (Wildman–Crippen MR) is 77.0 cm³/mol. The quantitative estimate of drug-likeness (QED) is 0.753. The van der Waals surface area contributed by atoms with Crippen molar-refractivity contribution in [3.05, 3.63) is 29.6 Å². The molecule has 1 aliphatic carbocycles. The van der Waals surface area contributed by atoms with Gasteiger partial charge in [0.1, 0.15) is 5.82 Å². The number of carboxylic acids is 1. The summed E-state index contributed by atoms with van der Waals surface area (Å²) in [4.78, 5) is 22.5. The monoisotopic (exact) mass is 294 g/mol. The van der Waals surface area contributed by atoms with E-state index in [4.69, 9.17) is 5.11 Å². The average Bonchev–Trinajstić information content (AvgIpc) is 3.17. The van der Waals surface area contributed by atoms with Gasteiger partial charge in [0.15, 0.2) is 0 Å². The zero-order chi connectivity index (χ0) is 15.5. The molecule has 21 heavy (non-hydrogen) atoms. The van der Waals surface area contributed by atoms with E-state index in [2.05, 4.69) is 17.6 Å². The Hall–Kier alpha value is -2.11. The number of rotatable bonds is 6. The SMILES string of the molecule is CCCC1(CNC(=O)Nc2ccc(C(=O)O)c(F)c2)CC1. The summed E-state index contributed by atoms with van der Waals surface area (Å²) in [6.45, 7) is 2.73. The molecular weight excluding hydrogens is 275 g/mol. The third-order valence-electron chi connectivity index (χ3n) is 3.82. The number of anilines is 1. The smallest absolute Gasteiger partial charge is 0.338 e. The largest absolute Gasteiger partial charge is 0.478 e. The molecule has 0 atom stereocenters. The van der Waals surface area contributed by atoms with Gasteiger partial charge in [-0.2, -0.15) is 0 Å². The Bertz CT molecular complexity index is 556. The third-order valence-corrected chi connectivity index (χ3v) is 3.82. The molecule has 1 aliphatic rings. The number of amides is 2. The molecule has 3 N–H and O–H groups in total. The number of aromatic carboxylic acids is 1. The van der Waals surface area contributed by atoms with Gasteiger partial charge in [0.05, 0.1) is 5.56 Å². The number of carbonyl (C=O) groups excluding carboxylic acids is 1. The van der Waals surface area contributed by atoms with Crippen molar-refractivity contribution in [1.82, 2.24) is 5.32 Å². The Balaban J connectivity index is 1.88. The highest BCUT2D eigenvalue weighted by molar-refractivity contribution is 5.91. The molecular formula is C15H19FN2O3. The summed E-state index contributed by atoms with van der Waals surface area (Å²) in [6.07, 6.45) is 4.44. The molecule has 1 fully saturated rings. The molecule has 1 aromatic carbocycles. The Morgan fingerprint density at radius 2 is 2.10 bits per heavy atom. The van der Waals surface area contributed by atoms with Gasteiger partial charge in [-0.15, -0.1) is 0 Å². The van der Waals surface area contributed by atoms with E-state index in [1.807, 2.05) is 0 Å². The van der Waals surface area contributed by atoms with E-state index in [0.717, 1.165) is 37.8 Å². The Kier molecular flexibility index (Phi) is 4.45. The number of hydrogen-bond donors (Lipinski definition) is 3. The van der Waals surface area contributed by atoms with Gasteiger partial charge in [0, 0.05) is 12.2 Å². The Labute approximate surface area is 122 Å². The minimum Gasteiger partial charge on any atom is -0.478 e. The zero-order valence-electron chi connectivity index (χ0n) is 11.9. The minimum absolute atomic E-state index is 0.232. The van der Waals surface area contributed by atoms with Gasteiger partial charge in [-0.1, -0.05) is 13.3 Å². The number of halogens is 1. The van der Waals surface area contributed by atoms with Crippen molar-refractivity contribution in [3.63, 3.8) is 0 Å². The summed E-state index contributed by atoms with van der Waals surface area (Å²) in [5.41, 5.74) is 0.0565. The van der Waals surface area contributed by atoms with E-state index in [0.29, 0.717) is 6.54 Å². The van der Waals surface area contributed by atoms with Crippen LogP contribution in [0.15, 0.2) is 18.2 Å². The molecule has 0 unspecified atom stereocenters. The van der Waals surface area contributed by atoms with Gasteiger partial charge in [0.2, 0.25) is 0 Å². The van der Waals surface area contributed by atoms with E-state index >= 15 is 0 Å². The second kappa shape index (κ2) is 6.11. The number of carboxylic acid groups (broad SMARTS) is 1. The second-order valence-corrected chi connectivity index (χ2v) is 5.56. The molecule has 114 valence electrons. The van der Waals surface area contributed by atoms with Crippen LogP contribution < -0.4 is 10.6 Å². The lowest BCUT2D eigenvalue weighted by Gasteiger charge is -2.15. The minimum atomic E-state index is -1.33. The molecule has 1 aromatic rings. The summed E-state index contributed by atoms with van der Waals surface area (Å²) < 4.78 is 13.5. The highest BCUT2D eigenvalue weighted by Gasteiger charge is 2.41. The van der Waals surface area contributed by atoms with E-state index in [1.165, 1.54) is 6.07 Å². The van der Waals surface area contributed by atoms with Gasteiger partial charge in [-0.3, -0.25) is 0 Å². The third kappa shape index (κ3) is 3.93. The fourth-order valence-electron chi connectivity index (χ4n) is 2.43. The predicted octanol–water partition coefficient (Wildman–Crippen LogP) is 3.23. The van der Waals surface area contributed by atoms with Crippen LogP contribution in [0.2, 0.25) is 0 Å². The lowest BCUT2D eigenvalue weighted by atomic mass is 10.0. The van der Waals surface area contributed by atoms with Crippen molar-refractivity contribution < 1.29 is 19.1 Å². The highest BCUT2D eigenvalue weighted by atomic mass is 19.1. The van der Waals surface area contributed by atoms with Crippen LogP contribution in [-0.2, 0) is 0 Å². The second-order valence-electron chi connectivity index (χ2n) is 5.56. The molecule has 0 saturated heterocycles. The first-order valence-corrected chi connectivity index (χ1v) is 7.03. The van der Waals surface area contributed by atoms with Crippen molar-refractivity contribution in [3.8, 4) is 0 Å². The summed E-state index contributed by atoms with van der Waals surface area (Å²) >= 11 is 0. The average molecular weight is 294 g/mol. The molecule has 0 bridgehead atoms. The molecule has 2 amide bonds. The number of nitrogens with one attached hydrogen (secondary N) is 2. The van der Waals surface area contributed by atoms with Crippen molar-refractivity contribution in [2.45, 2.75) is 32.6 Å². The van der Waals surface area contributed by atoms with E-state index in [-0.39, 0.29) is 11.1 Å². The van der Waals surface area contributed by atoms with Crippen LogP contribution in [0.25, 0.3) is 0 Å². The van der Waals surface area contributed by atoms with Crippen LogP contribution in [0.4, 0.5) is 14.9 Å². The maximum atomic E-state index is 13.5. The first-order chi connectivity index (χ1) is 9.96. The number of carbonyl (C=O) groups is 2. The zero-order valence-corrected chi connectivity index (χ0v) is 11.9. The number of hydrogen-bond acceptors (Lipinski definition) is 2. The van der Waals surface area contributed by atoms with Gasteiger partial charge < -0.3 is 15.7 Å². The highest BCUT2D eigenvalue weighted by Crippen LogP contribution is 2.48. The van der Waals surface area contributed by atoms with Crippen molar-refractivity contribution >= 4 is 17.7 Å². The van der Waals surface area contributed by atoms with Crippen LogP contribution in [0.3, 0.4) is 0 Å². The van der Waals surface area contributed by atoms with E-state index in [1.54, 1.807) is 0 Å². The van der Waals surface area contributed by atoms with Crippen LogP contribution >= 0.6 is 0 Å². The summed E-state index contributed by atoms with van der Waals surface area (Å²) in [6, 6.07) is 3.10. The van der Waals surface area contributed by atoms with Crippen molar-refractivity contribution in [1.29, 1.82) is 0 Å². The molecule has 0 radical (unpaired) electrons.